The Morgan fingerprint density at radius 3 is 2.53 bits per heavy atom. The van der Waals surface area contributed by atoms with E-state index in [9.17, 15) is 18.0 Å². The Morgan fingerprint density at radius 2 is 1.91 bits per heavy atom. The molecule has 0 bridgehead atoms. The molecule has 2 aromatic heterocycles. The van der Waals surface area contributed by atoms with Crippen LogP contribution in [-0.4, -0.2) is 48.2 Å². The molecule has 0 aliphatic rings. The van der Waals surface area contributed by atoms with Gasteiger partial charge in [-0.15, -0.1) is 11.3 Å². The van der Waals surface area contributed by atoms with Gasteiger partial charge in [0, 0.05) is 38.9 Å². The number of aromatic nitrogens is 2. The molecule has 1 aromatic carbocycles. The van der Waals surface area contributed by atoms with Gasteiger partial charge in [0.2, 0.25) is 15.9 Å². The summed E-state index contributed by atoms with van der Waals surface area (Å²) < 4.78 is 27.7. The van der Waals surface area contributed by atoms with E-state index in [2.05, 4.69) is 15.8 Å². The van der Waals surface area contributed by atoms with Gasteiger partial charge in [-0.3, -0.25) is 20.4 Å². The van der Waals surface area contributed by atoms with E-state index in [1.807, 2.05) is 31.5 Å². The van der Waals surface area contributed by atoms with Crippen molar-refractivity contribution in [2.45, 2.75) is 38.0 Å². The van der Waals surface area contributed by atoms with Crippen LogP contribution in [0, 0.1) is 6.92 Å². The minimum absolute atomic E-state index is 0.115. The van der Waals surface area contributed by atoms with Gasteiger partial charge in [0.15, 0.2) is 0 Å². The summed E-state index contributed by atoms with van der Waals surface area (Å²) in [6.07, 6.45) is 1.31. The van der Waals surface area contributed by atoms with Crippen LogP contribution in [0.15, 0.2) is 29.2 Å². The molecule has 172 valence electrons. The number of benzene rings is 1. The highest BCUT2D eigenvalue weighted by atomic mass is 32.2. The van der Waals surface area contributed by atoms with E-state index in [1.54, 1.807) is 12.1 Å². The number of sulfonamides is 1. The molecule has 2 N–H and O–H groups in total. The lowest BCUT2D eigenvalue weighted by Gasteiger charge is -2.10. The van der Waals surface area contributed by atoms with E-state index in [0.717, 1.165) is 26.7 Å². The summed E-state index contributed by atoms with van der Waals surface area (Å²) >= 11 is 1.42. The van der Waals surface area contributed by atoms with Crippen LogP contribution < -0.4 is 10.9 Å². The molecule has 3 aromatic rings. The largest absolute Gasteiger partial charge is 0.331 e. The van der Waals surface area contributed by atoms with Crippen molar-refractivity contribution < 1.29 is 18.0 Å². The fourth-order valence-corrected chi connectivity index (χ4v) is 5.21. The van der Waals surface area contributed by atoms with Gasteiger partial charge in [-0.2, -0.15) is 0 Å². The predicted molar refractivity (Wildman–Crippen MR) is 124 cm³/mol. The average Bonchev–Trinajstić information content (AvgIpc) is 3.29. The summed E-state index contributed by atoms with van der Waals surface area (Å²) in [5.41, 5.74) is 7.27. The van der Waals surface area contributed by atoms with Gasteiger partial charge in [0.05, 0.1) is 20.8 Å². The highest BCUT2D eigenvalue weighted by molar-refractivity contribution is 7.89. The SMILES string of the molecule is CCc1sc(C(=O)NNC(=O)CCc2nc3cc(S(=O)(=O)N(C)C)ccc3n2C)cc1C. The molecule has 2 amide bonds. The van der Waals surface area contributed by atoms with Gasteiger partial charge in [-0.05, 0) is 43.2 Å². The van der Waals surface area contributed by atoms with Crippen LogP contribution in [0.5, 0.6) is 0 Å². The molecule has 0 aliphatic heterocycles. The Balaban J connectivity index is 1.63. The van der Waals surface area contributed by atoms with Gasteiger partial charge in [0.1, 0.15) is 5.82 Å². The standard InChI is InChI=1S/C21H27N5O4S2/c1-6-17-13(2)11-18(31-17)21(28)24-23-20(27)10-9-19-22-15-12-14(32(29,30)25(3)4)7-8-16(15)26(19)5/h7-8,11-12H,6,9-10H2,1-5H3,(H,23,27)(H,24,28). The number of amides is 2. The first-order valence-corrected chi connectivity index (χ1v) is 12.4. The Kier molecular flexibility index (Phi) is 7.01. The summed E-state index contributed by atoms with van der Waals surface area (Å²) in [5, 5.41) is 0. The van der Waals surface area contributed by atoms with E-state index in [1.165, 1.54) is 31.5 Å². The van der Waals surface area contributed by atoms with Crippen LogP contribution in [0.1, 0.15) is 39.3 Å². The number of nitrogens with zero attached hydrogens (tertiary/aromatic N) is 3. The second-order valence-corrected chi connectivity index (χ2v) is 10.9. The Morgan fingerprint density at radius 1 is 1.19 bits per heavy atom. The summed E-state index contributed by atoms with van der Waals surface area (Å²) in [7, 11) is 1.21. The second-order valence-electron chi connectivity index (χ2n) is 7.60. The minimum atomic E-state index is -3.56. The maximum Gasteiger partial charge on any atom is 0.279 e. The normalized spacial score (nSPS) is 11.8. The summed E-state index contributed by atoms with van der Waals surface area (Å²) in [6.45, 7) is 3.99. The Labute approximate surface area is 191 Å². The molecule has 32 heavy (non-hydrogen) atoms. The lowest BCUT2D eigenvalue weighted by atomic mass is 10.2. The molecule has 0 atom stereocenters. The quantitative estimate of drug-likeness (QED) is 0.506. The van der Waals surface area contributed by atoms with Crippen LogP contribution in [0.25, 0.3) is 11.0 Å². The molecule has 0 spiro atoms. The number of hydrogen-bond donors (Lipinski definition) is 2. The number of aryl methyl sites for hydroxylation is 4. The highest BCUT2D eigenvalue weighted by Gasteiger charge is 2.19. The van der Waals surface area contributed by atoms with Gasteiger partial charge in [-0.1, -0.05) is 6.92 Å². The maximum absolute atomic E-state index is 12.4. The minimum Gasteiger partial charge on any atom is -0.331 e. The van der Waals surface area contributed by atoms with Crippen molar-refractivity contribution in [3.8, 4) is 0 Å². The highest BCUT2D eigenvalue weighted by Crippen LogP contribution is 2.23. The zero-order valence-corrected chi connectivity index (χ0v) is 20.4. The fraction of sp³-hybridized carbons (Fsp3) is 0.381. The fourth-order valence-electron chi connectivity index (χ4n) is 3.28. The third-order valence-electron chi connectivity index (χ3n) is 5.18. The molecule has 0 radical (unpaired) electrons. The summed E-state index contributed by atoms with van der Waals surface area (Å²) in [4.78, 5) is 30.8. The number of thiophene rings is 1. The van der Waals surface area contributed by atoms with Gasteiger partial charge in [-0.25, -0.2) is 17.7 Å². The molecular weight excluding hydrogens is 450 g/mol. The molecular formula is C21H27N5O4S2. The number of carbonyl (C=O) groups excluding carboxylic acids is 2. The molecule has 11 heteroatoms. The number of nitrogens with one attached hydrogen (secondary N) is 2. The zero-order valence-electron chi connectivity index (χ0n) is 18.7. The molecule has 0 saturated heterocycles. The molecule has 0 aliphatic carbocycles. The summed E-state index contributed by atoms with van der Waals surface area (Å²) in [5.74, 6) is -0.0452. The zero-order chi connectivity index (χ0) is 23.6. The topological polar surface area (TPSA) is 113 Å². The second kappa shape index (κ2) is 9.39. The van der Waals surface area contributed by atoms with E-state index >= 15 is 0 Å². The van der Waals surface area contributed by atoms with Crippen molar-refractivity contribution >= 4 is 44.2 Å². The van der Waals surface area contributed by atoms with Crippen molar-refractivity contribution in [3.05, 3.63) is 45.4 Å². The lowest BCUT2D eigenvalue weighted by molar-refractivity contribution is -0.121. The lowest BCUT2D eigenvalue weighted by Crippen LogP contribution is -2.41. The summed E-state index contributed by atoms with van der Waals surface area (Å²) in [6, 6.07) is 6.59. The van der Waals surface area contributed by atoms with E-state index in [4.69, 9.17) is 0 Å². The van der Waals surface area contributed by atoms with Crippen LogP contribution in [0.3, 0.4) is 0 Å². The van der Waals surface area contributed by atoms with Crippen molar-refractivity contribution in [3.63, 3.8) is 0 Å². The maximum atomic E-state index is 12.4. The van der Waals surface area contributed by atoms with Crippen LogP contribution in [0.2, 0.25) is 0 Å². The first-order valence-electron chi connectivity index (χ1n) is 10.1. The van der Waals surface area contributed by atoms with Crippen LogP contribution in [0.4, 0.5) is 0 Å². The number of carbonyl (C=O) groups is 2. The average molecular weight is 478 g/mol. The van der Waals surface area contributed by atoms with Gasteiger partial charge in [0.25, 0.3) is 5.91 Å². The first-order chi connectivity index (χ1) is 15.0. The molecule has 3 rings (SSSR count). The van der Waals surface area contributed by atoms with Gasteiger partial charge >= 0.3 is 0 Å². The molecule has 0 fully saturated rings. The molecule has 9 nitrogen and oxygen atoms in total. The monoisotopic (exact) mass is 477 g/mol. The number of hydrogen-bond acceptors (Lipinski definition) is 6. The first kappa shape index (κ1) is 23.9. The Hall–Kier alpha value is -2.76. The van der Waals surface area contributed by atoms with E-state index in [-0.39, 0.29) is 23.1 Å². The number of fused-ring (bicyclic) bond motifs is 1. The third-order valence-corrected chi connectivity index (χ3v) is 8.37. The van der Waals surface area contributed by atoms with E-state index in [0.29, 0.717) is 22.6 Å². The van der Waals surface area contributed by atoms with E-state index < -0.39 is 10.0 Å². The van der Waals surface area contributed by atoms with Crippen LogP contribution >= 0.6 is 11.3 Å². The van der Waals surface area contributed by atoms with Crippen molar-refractivity contribution in [1.82, 2.24) is 24.7 Å². The smallest absolute Gasteiger partial charge is 0.279 e. The van der Waals surface area contributed by atoms with Crippen molar-refractivity contribution in [2.24, 2.45) is 7.05 Å². The number of rotatable bonds is 7. The van der Waals surface area contributed by atoms with Crippen molar-refractivity contribution in [1.29, 1.82) is 0 Å². The van der Waals surface area contributed by atoms with Crippen molar-refractivity contribution in [2.75, 3.05) is 14.1 Å². The number of hydrazine groups is 1. The predicted octanol–water partition coefficient (Wildman–Crippen LogP) is 2.15. The molecule has 2 heterocycles. The van der Waals surface area contributed by atoms with Crippen LogP contribution in [-0.2, 0) is 34.7 Å². The Bertz CT molecular complexity index is 1270. The van der Waals surface area contributed by atoms with Gasteiger partial charge < -0.3 is 4.57 Å². The molecule has 0 unspecified atom stereocenters. The molecule has 0 saturated carbocycles. The number of imidazole rings is 1. The third kappa shape index (κ3) is 4.84.